The summed E-state index contributed by atoms with van der Waals surface area (Å²) in [5.74, 6) is 2.28. The number of cyclic esters (lactones) is 1. The van der Waals surface area contributed by atoms with Gasteiger partial charge in [0.25, 0.3) is 0 Å². The molecule has 6 nitrogen and oxygen atoms in total. The first-order valence-corrected chi connectivity index (χ1v) is 12.7. The van der Waals surface area contributed by atoms with E-state index < -0.39 is 5.97 Å². The number of nitrogens with zero attached hydrogens (tertiary/aromatic N) is 3. The van der Waals surface area contributed by atoms with E-state index in [1.165, 1.54) is 42.4 Å². The average Bonchev–Trinajstić information content (AvgIpc) is 3.34. The molecule has 1 aliphatic heterocycles. The minimum Gasteiger partial charge on any atom is -0.406 e. The Balaban J connectivity index is 1.28. The van der Waals surface area contributed by atoms with E-state index in [0.717, 1.165) is 37.0 Å². The van der Waals surface area contributed by atoms with Gasteiger partial charge in [0.05, 0.1) is 11.4 Å². The van der Waals surface area contributed by atoms with E-state index in [9.17, 15) is 9.59 Å². The van der Waals surface area contributed by atoms with E-state index in [1.54, 1.807) is 24.3 Å². The molecule has 4 saturated carbocycles. The van der Waals surface area contributed by atoms with Crippen molar-refractivity contribution in [2.45, 2.75) is 45.4 Å². The van der Waals surface area contributed by atoms with Crippen LogP contribution in [-0.2, 0) is 14.3 Å². The number of amides is 1. The van der Waals surface area contributed by atoms with Crippen LogP contribution >= 0.6 is 22.9 Å². The number of esters is 1. The zero-order valence-electron chi connectivity index (χ0n) is 18.3. The Morgan fingerprint density at radius 3 is 2.55 bits per heavy atom. The minimum atomic E-state index is -0.409. The van der Waals surface area contributed by atoms with Crippen LogP contribution in [0.2, 0.25) is 5.02 Å². The van der Waals surface area contributed by atoms with Crippen LogP contribution in [0.25, 0.3) is 6.08 Å². The van der Waals surface area contributed by atoms with Crippen molar-refractivity contribution >= 4 is 57.6 Å². The van der Waals surface area contributed by atoms with E-state index in [-0.39, 0.29) is 17.0 Å². The number of carbonyl (C=O) groups is 2. The van der Waals surface area contributed by atoms with Gasteiger partial charge in [0.15, 0.2) is 10.8 Å². The first-order chi connectivity index (χ1) is 15.9. The van der Waals surface area contributed by atoms with Gasteiger partial charge in [-0.3, -0.25) is 9.69 Å². The zero-order valence-corrected chi connectivity index (χ0v) is 19.9. The molecule has 0 spiro atoms. The summed E-state index contributed by atoms with van der Waals surface area (Å²) in [5.41, 5.74) is 1.44. The summed E-state index contributed by atoms with van der Waals surface area (Å²) < 4.78 is 5.75. The minimum absolute atomic E-state index is 0.0642. The predicted molar refractivity (Wildman–Crippen MR) is 128 cm³/mol. The van der Waals surface area contributed by atoms with Crippen LogP contribution in [-0.4, -0.2) is 22.8 Å². The molecule has 8 heteroatoms. The van der Waals surface area contributed by atoms with Crippen LogP contribution in [0.3, 0.4) is 0 Å². The van der Waals surface area contributed by atoms with Crippen molar-refractivity contribution in [3.05, 3.63) is 46.1 Å². The molecule has 7 rings (SSSR count). The smallest absolute Gasteiger partial charge is 0.363 e. The van der Waals surface area contributed by atoms with E-state index in [2.05, 4.69) is 9.98 Å². The topological polar surface area (TPSA) is 71.9 Å². The Hall–Kier alpha value is -2.51. The maximum absolute atomic E-state index is 12.7. The number of hydrogen-bond donors (Lipinski definition) is 0. The highest BCUT2D eigenvalue weighted by Gasteiger charge is 2.55. The third-order valence-electron chi connectivity index (χ3n) is 7.48. The van der Waals surface area contributed by atoms with Crippen molar-refractivity contribution in [1.29, 1.82) is 0 Å². The fourth-order valence-electron chi connectivity index (χ4n) is 6.64. The molecular formula is C25H24ClN3O3S. The number of thiazole rings is 1. The van der Waals surface area contributed by atoms with E-state index in [4.69, 9.17) is 16.3 Å². The summed E-state index contributed by atoms with van der Waals surface area (Å²) in [5, 5.41) is 2.86. The first-order valence-electron chi connectivity index (χ1n) is 11.4. The molecule has 4 fully saturated rings. The maximum atomic E-state index is 12.7. The van der Waals surface area contributed by atoms with Gasteiger partial charge in [-0.2, -0.15) is 0 Å². The molecule has 0 unspecified atom stereocenters. The van der Waals surface area contributed by atoms with Crippen LogP contribution in [0.5, 0.6) is 0 Å². The normalized spacial score (nSPS) is 31.1. The molecule has 5 aliphatic rings. The molecule has 4 aliphatic carbocycles. The summed E-state index contributed by atoms with van der Waals surface area (Å²) in [7, 11) is 0. The number of rotatable bonds is 4. The van der Waals surface area contributed by atoms with Gasteiger partial charge in [-0.15, -0.1) is 11.3 Å². The molecular weight excluding hydrogens is 458 g/mol. The Morgan fingerprint density at radius 2 is 1.91 bits per heavy atom. The molecule has 1 amide bonds. The summed E-state index contributed by atoms with van der Waals surface area (Å²) in [6.07, 6.45) is 8.90. The highest BCUT2D eigenvalue weighted by molar-refractivity contribution is 7.14. The third-order valence-corrected chi connectivity index (χ3v) is 8.56. The van der Waals surface area contributed by atoms with E-state index >= 15 is 0 Å². The van der Waals surface area contributed by atoms with Crippen molar-refractivity contribution in [2.75, 3.05) is 4.90 Å². The number of aromatic nitrogens is 1. The van der Waals surface area contributed by atoms with Crippen LogP contribution in [0, 0.1) is 23.2 Å². The van der Waals surface area contributed by atoms with Crippen molar-refractivity contribution in [3.8, 4) is 0 Å². The molecule has 4 bridgehead atoms. The van der Waals surface area contributed by atoms with Gasteiger partial charge in [0.2, 0.25) is 11.8 Å². The number of benzene rings is 1. The fourth-order valence-corrected chi connectivity index (χ4v) is 7.66. The van der Waals surface area contributed by atoms with Crippen molar-refractivity contribution in [1.82, 2.24) is 4.98 Å². The molecule has 2 aromatic rings. The Bertz CT molecular complexity index is 1180. The monoisotopic (exact) mass is 481 g/mol. The Morgan fingerprint density at radius 1 is 1.21 bits per heavy atom. The quantitative estimate of drug-likeness (QED) is 0.397. The lowest BCUT2D eigenvalue weighted by atomic mass is 9.49. The summed E-state index contributed by atoms with van der Waals surface area (Å²) in [6.45, 7) is 1.48. The van der Waals surface area contributed by atoms with Gasteiger partial charge >= 0.3 is 5.97 Å². The molecule has 1 aromatic heterocycles. The Kier molecular flexibility index (Phi) is 4.96. The zero-order chi connectivity index (χ0) is 22.7. The highest BCUT2D eigenvalue weighted by atomic mass is 35.5. The van der Waals surface area contributed by atoms with Crippen LogP contribution in [0.1, 0.15) is 51.1 Å². The third kappa shape index (κ3) is 3.71. The lowest BCUT2D eigenvalue weighted by Crippen LogP contribution is -2.50. The number of anilines is 2. The maximum Gasteiger partial charge on any atom is 0.363 e. The molecule has 0 saturated heterocycles. The fraction of sp³-hybridized carbons (Fsp3) is 0.440. The predicted octanol–water partition coefficient (Wildman–Crippen LogP) is 5.99. The lowest BCUT2D eigenvalue weighted by molar-refractivity contribution is -0.131. The van der Waals surface area contributed by atoms with Gasteiger partial charge < -0.3 is 4.74 Å². The average molecular weight is 482 g/mol. The van der Waals surface area contributed by atoms with Crippen LogP contribution in [0.15, 0.2) is 40.3 Å². The highest BCUT2D eigenvalue weighted by Crippen LogP contribution is 2.61. The van der Waals surface area contributed by atoms with Crippen LogP contribution in [0.4, 0.5) is 10.8 Å². The number of aliphatic imine (C=N–C) groups is 1. The van der Waals surface area contributed by atoms with Gasteiger partial charge in [-0.25, -0.2) is 14.8 Å². The number of carbonyl (C=O) groups excluding carboxylic acids is 2. The molecule has 0 radical (unpaired) electrons. The molecule has 33 heavy (non-hydrogen) atoms. The Labute approximate surface area is 201 Å². The molecule has 2 heterocycles. The van der Waals surface area contributed by atoms with Gasteiger partial charge in [0.1, 0.15) is 0 Å². The van der Waals surface area contributed by atoms with Gasteiger partial charge in [-0.1, -0.05) is 17.7 Å². The second kappa shape index (κ2) is 7.77. The van der Waals surface area contributed by atoms with E-state index in [0.29, 0.717) is 27.4 Å². The standard InChI is InChI=1S/C25H24ClN3O3S/c1-14(30)29(20-4-2-3-18(26)8-20)24-27-19(13-33-24)9-21-22(31)32-23(28-21)25-10-15-5-16(11-25)7-17(6-15)12-25/h2-4,8-9,13,15-17H,5-7,10-12H2,1H3/b21-9-. The lowest BCUT2D eigenvalue weighted by Gasteiger charge is -2.55. The second-order valence-corrected chi connectivity index (χ2v) is 11.2. The first kappa shape index (κ1) is 21.1. The van der Waals surface area contributed by atoms with Crippen molar-refractivity contribution in [2.24, 2.45) is 28.2 Å². The van der Waals surface area contributed by atoms with Crippen LogP contribution < -0.4 is 4.90 Å². The summed E-state index contributed by atoms with van der Waals surface area (Å²) >= 11 is 7.44. The molecule has 0 N–H and O–H groups in total. The van der Waals surface area contributed by atoms with E-state index in [1.807, 2.05) is 11.4 Å². The molecule has 0 atom stereocenters. The van der Waals surface area contributed by atoms with Gasteiger partial charge in [0, 0.05) is 22.7 Å². The summed E-state index contributed by atoms with van der Waals surface area (Å²) in [6, 6.07) is 7.08. The summed E-state index contributed by atoms with van der Waals surface area (Å²) in [4.78, 5) is 35.8. The largest absolute Gasteiger partial charge is 0.406 e. The SMILES string of the molecule is CC(=O)N(c1cccc(Cl)c1)c1nc(/C=C2\N=C(C34CC5CC(CC(C5)C3)C4)OC2=O)cs1. The molecule has 1 aromatic carbocycles. The van der Waals surface area contributed by atoms with Crippen molar-refractivity contribution < 1.29 is 14.3 Å². The molecule has 170 valence electrons. The second-order valence-electron chi connectivity index (χ2n) is 9.92. The van der Waals surface area contributed by atoms with Gasteiger partial charge in [-0.05, 0) is 80.6 Å². The van der Waals surface area contributed by atoms with Crippen molar-refractivity contribution in [3.63, 3.8) is 0 Å². The number of halogens is 1. The number of hydrogen-bond acceptors (Lipinski definition) is 6. The number of ether oxygens (including phenoxy) is 1.